The molecule has 3 aromatic rings. The molecule has 5 heterocycles. The first-order valence-corrected chi connectivity index (χ1v) is 16.7. The number of fused-ring (bicyclic) bond motifs is 3. The molecule has 2 aliphatic heterocycles. The van der Waals surface area contributed by atoms with Crippen LogP contribution in [0.4, 0.5) is 0 Å². The molecule has 2 saturated heterocycles. The van der Waals surface area contributed by atoms with Crippen LogP contribution in [-0.4, -0.2) is 41.2 Å². The van der Waals surface area contributed by atoms with Gasteiger partial charge in [-0.2, -0.15) is 0 Å². The molecule has 0 radical (unpaired) electrons. The molecule has 0 aromatic carbocycles. The fraction of sp³-hybridized carbons (Fsp3) is 0.733. The predicted octanol–water partition coefficient (Wildman–Crippen LogP) is 7.66. The molecule has 5 rings (SSSR count). The fourth-order valence-electron chi connectivity index (χ4n) is 5.45. The largest absolute Gasteiger partial charge is 0.505 e. The highest BCUT2D eigenvalue weighted by Crippen LogP contribution is 2.42. The van der Waals surface area contributed by atoms with Gasteiger partial charge in [-0.05, 0) is 73.9 Å². The van der Waals surface area contributed by atoms with Crippen LogP contribution >= 0.6 is 22.7 Å². The Bertz CT molecular complexity index is 1190. The van der Waals surface area contributed by atoms with E-state index in [0.717, 1.165) is 16.1 Å². The van der Waals surface area contributed by atoms with E-state index in [1.165, 1.54) is 71.8 Å². The molecule has 0 spiro atoms. The maximum Gasteiger partial charge on any atom is 0.505 e. The van der Waals surface area contributed by atoms with Crippen LogP contribution in [0.15, 0.2) is 12.1 Å². The summed E-state index contributed by atoms with van der Waals surface area (Å²) in [5.74, 6) is 0. The Hall–Kier alpha value is -0.830. The van der Waals surface area contributed by atoms with E-state index in [0.29, 0.717) is 0 Å². The van der Waals surface area contributed by atoms with E-state index in [2.05, 4.69) is 79.0 Å². The fourth-order valence-corrected chi connectivity index (χ4v) is 7.84. The normalized spacial score (nSPS) is 21.7. The Morgan fingerprint density at radius 1 is 0.590 bits per heavy atom. The topological polar surface area (TPSA) is 41.9 Å². The van der Waals surface area contributed by atoms with Gasteiger partial charge in [0.25, 0.3) is 0 Å². The van der Waals surface area contributed by atoms with Crippen LogP contribution in [0, 0.1) is 0 Å². The van der Waals surface area contributed by atoms with Crippen molar-refractivity contribution in [2.24, 2.45) is 0 Å². The summed E-state index contributed by atoms with van der Waals surface area (Å²) >= 11 is 3.63. The molecular weight excluding hydrogens is 524 g/mol. The lowest BCUT2D eigenvalue weighted by Crippen LogP contribution is -2.41. The quantitative estimate of drug-likeness (QED) is 0.175. The van der Waals surface area contributed by atoms with Crippen molar-refractivity contribution in [1.29, 1.82) is 0 Å². The standard InChI is InChI=1S/C30H47B2NO4S2/c1-10-11-12-13-14-15-16-17-18-33-21-19-23(31-34-27(2,3)28(4,5)35-31)38-25(21)26-22(33)20-24(39-26)32-36-29(6,7)30(8,9)37-32/h19-20H,10-18H2,1-9H3. The maximum atomic E-state index is 6.43. The molecule has 0 bridgehead atoms. The number of aromatic nitrogens is 1. The molecule has 0 amide bonds. The molecular formula is C30H47B2NO4S2. The molecule has 5 nitrogen and oxygen atoms in total. The molecule has 0 N–H and O–H groups in total. The van der Waals surface area contributed by atoms with Crippen LogP contribution in [0.25, 0.3) is 20.4 Å². The summed E-state index contributed by atoms with van der Waals surface area (Å²) in [4.78, 5) is 0. The van der Waals surface area contributed by atoms with E-state index in [4.69, 9.17) is 18.6 Å². The van der Waals surface area contributed by atoms with Gasteiger partial charge < -0.3 is 23.2 Å². The van der Waals surface area contributed by atoms with Gasteiger partial charge in [-0.3, -0.25) is 0 Å². The third-order valence-electron chi connectivity index (χ3n) is 9.46. The van der Waals surface area contributed by atoms with Gasteiger partial charge >= 0.3 is 14.2 Å². The zero-order valence-electron chi connectivity index (χ0n) is 25.6. The van der Waals surface area contributed by atoms with E-state index in [9.17, 15) is 0 Å². The number of thiophene rings is 2. The Balaban J connectivity index is 1.42. The molecule has 3 aromatic heterocycles. The Kier molecular flexibility index (Phi) is 8.20. The first-order valence-electron chi connectivity index (χ1n) is 15.0. The summed E-state index contributed by atoms with van der Waals surface area (Å²) in [5.41, 5.74) is 1.22. The third kappa shape index (κ3) is 5.53. The lowest BCUT2D eigenvalue weighted by molar-refractivity contribution is 0.00578. The summed E-state index contributed by atoms with van der Waals surface area (Å²) in [6.45, 7) is 20.3. The number of nitrogens with zero attached hydrogens (tertiary/aromatic N) is 1. The van der Waals surface area contributed by atoms with Crippen molar-refractivity contribution in [1.82, 2.24) is 4.57 Å². The van der Waals surface area contributed by atoms with Crippen LogP contribution < -0.4 is 9.55 Å². The minimum atomic E-state index is -0.346. The van der Waals surface area contributed by atoms with E-state index in [1.54, 1.807) is 0 Å². The van der Waals surface area contributed by atoms with Gasteiger partial charge in [0.15, 0.2) is 0 Å². The second-order valence-electron chi connectivity index (χ2n) is 13.5. The van der Waals surface area contributed by atoms with Crippen LogP contribution in [0.2, 0.25) is 0 Å². The van der Waals surface area contributed by atoms with E-state index in [1.807, 2.05) is 22.7 Å². The van der Waals surface area contributed by atoms with E-state index < -0.39 is 0 Å². The van der Waals surface area contributed by atoms with Crippen LogP contribution in [-0.2, 0) is 25.2 Å². The van der Waals surface area contributed by atoms with Gasteiger partial charge in [0.1, 0.15) is 0 Å². The monoisotopic (exact) mass is 571 g/mol. The average molecular weight is 571 g/mol. The van der Waals surface area contributed by atoms with Gasteiger partial charge in [0, 0.05) is 16.1 Å². The Labute approximate surface area is 244 Å². The highest BCUT2D eigenvalue weighted by Gasteiger charge is 2.53. The first-order chi connectivity index (χ1) is 18.3. The summed E-state index contributed by atoms with van der Waals surface area (Å²) < 4.78 is 33.2. The van der Waals surface area contributed by atoms with Crippen LogP contribution in [0.1, 0.15) is 114 Å². The van der Waals surface area contributed by atoms with Gasteiger partial charge in [0.05, 0.1) is 42.8 Å². The minimum absolute atomic E-state index is 0.332. The summed E-state index contributed by atoms with van der Waals surface area (Å²) in [6.07, 6.45) is 10.6. The van der Waals surface area contributed by atoms with Crippen LogP contribution in [0.5, 0.6) is 0 Å². The number of aryl methyl sites for hydroxylation is 1. The van der Waals surface area contributed by atoms with Crippen molar-refractivity contribution >= 4 is 66.9 Å². The lowest BCUT2D eigenvalue weighted by atomic mass is 9.88. The van der Waals surface area contributed by atoms with Crippen molar-refractivity contribution < 1.29 is 18.6 Å². The molecule has 39 heavy (non-hydrogen) atoms. The number of hydrogen-bond acceptors (Lipinski definition) is 6. The van der Waals surface area contributed by atoms with E-state index >= 15 is 0 Å². The van der Waals surface area contributed by atoms with Gasteiger partial charge in [0.2, 0.25) is 0 Å². The molecule has 214 valence electrons. The van der Waals surface area contributed by atoms with Crippen molar-refractivity contribution in [3.8, 4) is 0 Å². The molecule has 2 fully saturated rings. The average Bonchev–Trinajstić information content (AvgIpc) is 3.58. The third-order valence-corrected chi connectivity index (χ3v) is 11.9. The van der Waals surface area contributed by atoms with Gasteiger partial charge in [-0.25, -0.2) is 0 Å². The predicted molar refractivity (Wildman–Crippen MR) is 169 cm³/mol. The maximum absolute atomic E-state index is 6.43. The second kappa shape index (κ2) is 10.8. The van der Waals surface area contributed by atoms with Crippen LogP contribution in [0.3, 0.4) is 0 Å². The van der Waals surface area contributed by atoms with E-state index in [-0.39, 0.29) is 36.6 Å². The molecule has 0 atom stereocenters. The molecule has 0 saturated carbocycles. The molecule has 9 heteroatoms. The van der Waals surface area contributed by atoms with Crippen molar-refractivity contribution in [3.05, 3.63) is 12.1 Å². The highest BCUT2D eigenvalue weighted by atomic mass is 32.1. The van der Waals surface area contributed by atoms with Crippen molar-refractivity contribution in [3.63, 3.8) is 0 Å². The smallest absolute Gasteiger partial charge is 0.399 e. The first kappa shape index (κ1) is 29.7. The summed E-state index contributed by atoms with van der Waals surface area (Å²) in [6, 6.07) is 4.63. The molecule has 2 aliphatic rings. The molecule has 0 unspecified atom stereocenters. The van der Waals surface area contributed by atoms with Gasteiger partial charge in [-0.15, -0.1) is 22.7 Å². The second-order valence-corrected chi connectivity index (χ2v) is 15.7. The van der Waals surface area contributed by atoms with Gasteiger partial charge in [-0.1, -0.05) is 51.9 Å². The minimum Gasteiger partial charge on any atom is -0.399 e. The summed E-state index contributed by atoms with van der Waals surface area (Å²) in [5, 5.41) is 0. The van der Waals surface area contributed by atoms with Crippen molar-refractivity contribution in [2.45, 2.75) is 143 Å². The zero-order chi connectivity index (χ0) is 28.2. The van der Waals surface area contributed by atoms with Crippen molar-refractivity contribution in [2.75, 3.05) is 0 Å². The Morgan fingerprint density at radius 2 is 0.949 bits per heavy atom. The highest BCUT2D eigenvalue weighted by molar-refractivity contribution is 7.35. The zero-order valence-corrected chi connectivity index (χ0v) is 27.2. The number of rotatable bonds is 11. The summed E-state index contributed by atoms with van der Waals surface area (Å²) in [7, 11) is -0.664. The number of hydrogen-bond donors (Lipinski definition) is 0. The molecule has 0 aliphatic carbocycles. The SMILES string of the molecule is CCCCCCCCCCn1c2cc(B3OC(C)(C)C(C)(C)O3)sc2c2sc(B3OC(C)(C)C(C)(C)O3)cc21. The lowest BCUT2D eigenvalue weighted by Gasteiger charge is -2.32. The Morgan fingerprint density at radius 3 is 1.33 bits per heavy atom. The number of unbranched alkanes of at least 4 members (excludes halogenated alkanes) is 7.